The minimum absolute atomic E-state index is 0.759. The van der Waals surface area contributed by atoms with E-state index < -0.39 is 0 Å². The molecule has 0 aliphatic heterocycles. The topological polar surface area (TPSA) is 26.0 Å². The first-order valence-electron chi connectivity index (χ1n) is 5.01. The smallest absolute Gasteiger partial charge is 0.00433 e. The van der Waals surface area contributed by atoms with Gasteiger partial charge in [-0.3, -0.25) is 0 Å². The molecule has 64 valence electrons. The molecule has 2 N–H and O–H groups in total. The van der Waals surface area contributed by atoms with Gasteiger partial charge in [0.15, 0.2) is 0 Å². The average Bonchev–Trinajstić information content (AvgIpc) is 2.53. The zero-order chi connectivity index (χ0) is 7.90. The molecule has 0 aromatic carbocycles. The lowest BCUT2D eigenvalue weighted by Gasteiger charge is -2.07. The molecule has 2 rings (SSSR count). The van der Waals surface area contributed by atoms with Gasteiger partial charge in [0.2, 0.25) is 0 Å². The SMILES string of the molecule is CCC1CCC2(C1)CC2CN. The molecule has 0 saturated heterocycles. The highest BCUT2D eigenvalue weighted by atomic mass is 14.7. The lowest BCUT2D eigenvalue weighted by atomic mass is 9.98. The van der Waals surface area contributed by atoms with Crippen LogP contribution in [0.4, 0.5) is 0 Å². The van der Waals surface area contributed by atoms with Gasteiger partial charge < -0.3 is 5.73 Å². The van der Waals surface area contributed by atoms with Crippen molar-refractivity contribution < 1.29 is 0 Å². The normalized spacial score (nSPS) is 48.5. The van der Waals surface area contributed by atoms with Crippen LogP contribution in [0, 0.1) is 17.3 Å². The summed E-state index contributed by atoms with van der Waals surface area (Å²) in [5.74, 6) is 1.94. The van der Waals surface area contributed by atoms with Crippen LogP contribution in [0.5, 0.6) is 0 Å². The van der Waals surface area contributed by atoms with Crippen molar-refractivity contribution in [2.75, 3.05) is 6.54 Å². The predicted molar refractivity (Wildman–Crippen MR) is 47.2 cm³/mol. The fourth-order valence-electron chi connectivity index (χ4n) is 2.94. The largest absolute Gasteiger partial charge is 0.330 e. The van der Waals surface area contributed by atoms with Gasteiger partial charge in [0, 0.05) is 0 Å². The van der Waals surface area contributed by atoms with Gasteiger partial charge in [0.05, 0.1) is 0 Å². The number of hydrogen-bond acceptors (Lipinski definition) is 1. The highest BCUT2D eigenvalue weighted by Gasteiger charge is 2.55. The second-order valence-corrected chi connectivity index (χ2v) is 4.52. The Morgan fingerprint density at radius 2 is 2.27 bits per heavy atom. The van der Waals surface area contributed by atoms with Gasteiger partial charge in [0.1, 0.15) is 0 Å². The molecule has 0 aromatic heterocycles. The maximum atomic E-state index is 5.68. The van der Waals surface area contributed by atoms with Crippen LogP contribution in [0.25, 0.3) is 0 Å². The molecule has 2 aliphatic carbocycles. The van der Waals surface area contributed by atoms with Crippen LogP contribution in [0.15, 0.2) is 0 Å². The van der Waals surface area contributed by atoms with Crippen molar-refractivity contribution in [1.82, 2.24) is 0 Å². The summed E-state index contributed by atoms with van der Waals surface area (Å²) in [6.07, 6.45) is 7.28. The van der Waals surface area contributed by atoms with Crippen LogP contribution in [0.2, 0.25) is 0 Å². The molecule has 3 unspecified atom stereocenters. The lowest BCUT2D eigenvalue weighted by Crippen LogP contribution is -2.08. The Labute approximate surface area is 69.4 Å². The maximum absolute atomic E-state index is 5.68. The maximum Gasteiger partial charge on any atom is -0.00433 e. The van der Waals surface area contributed by atoms with Crippen LogP contribution in [0.1, 0.15) is 39.0 Å². The molecule has 11 heavy (non-hydrogen) atoms. The third-order valence-corrected chi connectivity index (χ3v) is 3.97. The lowest BCUT2D eigenvalue weighted by molar-refractivity contribution is 0.434. The molecule has 0 amide bonds. The van der Waals surface area contributed by atoms with Crippen LogP contribution in [0.3, 0.4) is 0 Å². The van der Waals surface area contributed by atoms with E-state index in [-0.39, 0.29) is 0 Å². The summed E-state index contributed by atoms with van der Waals surface area (Å²) in [5, 5.41) is 0. The van der Waals surface area contributed by atoms with Crippen LogP contribution in [-0.4, -0.2) is 6.54 Å². The van der Waals surface area contributed by atoms with E-state index >= 15 is 0 Å². The summed E-state index contributed by atoms with van der Waals surface area (Å²) in [6, 6.07) is 0. The number of rotatable bonds is 2. The Hall–Kier alpha value is -0.0400. The Bertz CT molecular complexity index is 151. The molecular weight excluding hydrogens is 134 g/mol. The van der Waals surface area contributed by atoms with Crippen molar-refractivity contribution in [3.8, 4) is 0 Å². The van der Waals surface area contributed by atoms with Gasteiger partial charge in [-0.2, -0.15) is 0 Å². The highest BCUT2D eigenvalue weighted by molar-refractivity contribution is 5.06. The van der Waals surface area contributed by atoms with Crippen LogP contribution in [-0.2, 0) is 0 Å². The van der Waals surface area contributed by atoms with Crippen molar-refractivity contribution >= 4 is 0 Å². The van der Waals surface area contributed by atoms with Crippen molar-refractivity contribution in [3.05, 3.63) is 0 Å². The molecule has 0 heterocycles. The predicted octanol–water partition coefficient (Wildman–Crippen LogP) is 2.16. The monoisotopic (exact) mass is 153 g/mol. The summed E-state index contributed by atoms with van der Waals surface area (Å²) in [7, 11) is 0. The van der Waals surface area contributed by atoms with E-state index in [1.807, 2.05) is 0 Å². The Morgan fingerprint density at radius 3 is 2.73 bits per heavy atom. The van der Waals surface area contributed by atoms with Crippen LogP contribution < -0.4 is 5.73 Å². The van der Waals surface area contributed by atoms with Gasteiger partial charge in [-0.1, -0.05) is 13.3 Å². The average molecular weight is 153 g/mol. The van der Waals surface area contributed by atoms with E-state index in [4.69, 9.17) is 5.73 Å². The van der Waals surface area contributed by atoms with Crippen molar-refractivity contribution in [3.63, 3.8) is 0 Å². The van der Waals surface area contributed by atoms with Crippen molar-refractivity contribution in [1.29, 1.82) is 0 Å². The molecule has 1 spiro atoms. The first-order chi connectivity index (χ1) is 5.30. The minimum atomic E-state index is 0.759. The molecule has 0 radical (unpaired) electrons. The fraction of sp³-hybridized carbons (Fsp3) is 1.00. The molecule has 2 aliphatic rings. The molecule has 1 nitrogen and oxygen atoms in total. The summed E-state index contributed by atoms with van der Waals surface area (Å²) in [6.45, 7) is 3.26. The first-order valence-corrected chi connectivity index (χ1v) is 5.01. The zero-order valence-electron chi connectivity index (χ0n) is 7.47. The molecule has 2 fully saturated rings. The third kappa shape index (κ3) is 1.10. The Morgan fingerprint density at radius 1 is 1.45 bits per heavy atom. The second-order valence-electron chi connectivity index (χ2n) is 4.52. The molecule has 2 saturated carbocycles. The first kappa shape index (κ1) is 7.60. The zero-order valence-corrected chi connectivity index (χ0v) is 7.47. The van der Waals surface area contributed by atoms with E-state index in [9.17, 15) is 0 Å². The number of hydrogen-bond donors (Lipinski definition) is 1. The molecule has 0 aromatic rings. The van der Waals surface area contributed by atoms with Crippen molar-refractivity contribution in [2.45, 2.75) is 39.0 Å². The molecule has 0 bridgehead atoms. The fourth-order valence-corrected chi connectivity index (χ4v) is 2.94. The Balaban J connectivity index is 1.91. The van der Waals surface area contributed by atoms with E-state index in [0.29, 0.717) is 0 Å². The summed E-state index contributed by atoms with van der Waals surface area (Å²) < 4.78 is 0. The molecule has 1 heteroatoms. The van der Waals surface area contributed by atoms with Gasteiger partial charge in [0.25, 0.3) is 0 Å². The van der Waals surface area contributed by atoms with E-state index in [1.54, 1.807) is 0 Å². The van der Waals surface area contributed by atoms with Crippen LogP contribution >= 0.6 is 0 Å². The summed E-state index contributed by atoms with van der Waals surface area (Å²) in [4.78, 5) is 0. The summed E-state index contributed by atoms with van der Waals surface area (Å²) in [5.41, 5.74) is 6.43. The Kier molecular flexibility index (Phi) is 1.71. The standard InChI is InChI=1S/C10H19N/c1-2-8-3-4-10(5-8)6-9(10)7-11/h8-9H,2-7,11H2,1H3. The third-order valence-electron chi connectivity index (χ3n) is 3.97. The summed E-state index contributed by atoms with van der Waals surface area (Å²) >= 11 is 0. The molecule has 3 atom stereocenters. The van der Waals surface area contributed by atoms with E-state index in [0.717, 1.165) is 23.8 Å². The second kappa shape index (κ2) is 2.48. The van der Waals surface area contributed by atoms with E-state index in [2.05, 4.69) is 6.92 Å². The van der Waals surface area contributed by atoms with Gasteiger partial charge in [-0.15, -0.1) is 0 Å². The van der Waals surface area contributed by atoms with Gasteiger partial charge in [-0.05, 0) is 49.5 Å². The van der Waals surface area contributed by atoms with Gasteiger partial charge in [-0.25, -0.2) is 0 Å². The van der Waals surface area contributed by atoms with Gasteiger partial charge >= 0.3 is 0 Å². The quantitative estimate of drug-likeness (QED) is 0.646. The number of nitrogens with two attached hydrogens (primary N) is 1. The minimum Gasteiger partial charge on any atom is -0.330 e. The van der Waals surface area contributed by atoms with Crippen molar-refractivity contribution in [2.24, 2.45) is 23.0 Å². The highest BCUT2D eigenvalue weighted by Crippen LogP contribution is 2.64. The molecular formula is C10H19N. The van der Waals surface area contributed by atoms with E-state index in [1.165, 1.54) is 32.1 Å².